The fourth-order valence-corrected chi connectivity index (χ4v) is 5.91. The molecule has 1 heterocycles. The maximum absolute atomic E-state index is 13.7. The third-order valence-electron chi connectivity index (χ3n) is 7.27. The number of fused-ring (bicyclic) bond motifs is 2. The topological polar surface area (TPSA) is 66.8 Å². The summed E-state index contributed by atoms with van der Waals surface area (Å²) in [5.41, 5.74) is 0.764. The molecular weight excluding hydrogens is 342 g/mol. The molecule has 5 nitrogen and oxygen atoms in total. The first-order chi connectivity index (χ1) is 12.9. The van der Waals surface area contributed by atoms with Crippen LogP contribution in [0.5, 0.6) is 5.75 Å². The summed E-state index contributed by atoms with van der Waals surface area (Å²) in [5.74, 6) is 0.847. The van der Waals surface area contributed by atoms with Crippen molar-refractivity contribution in [3.63, 3.8) is 0 Å². The van der Waals surface area contributed by atoms with Gasteiger partial charge >= 0.3 is 5.97 Å². The van der Waals surface area contributed by atoms with Gasteiger partial charge in [0.05, 0.1) is 18.4 Å². The molecule has 1 N–H and O–H groups in total. The molecule has 5 atom stereocenters. The lowest BCUT2D eigenvalue weighted by Crippen LogP contribution is -2.47. The molecule has 3 unspecified atom stereocenters. The summed E-state index contributed by atoms with van der Waals surface area (Å²) in [6, 6.07) is 8.03. The monoisotopic (exact) mass is 371 g/mol. The summed E-state index contributed by atoms with van der Waals surface area (Å²) in [5, 5.41) is 9.46. The molecule has 146 valence electrons. The van der Waals surface area contributed by atoms with Crippen molar-refractivity contribution in [3.05, 3.63) is 29.8 Å². The van der Waals surface area contributed by atoms with Gasteiger partial charge in [0, 0.05) is 13.1 Å². The van der Waals surface area contributed by atoms with Gasteiger partial charge in [0.25, 0.3) is 0 Å². The zero-order valence-electron chi connectivity index (χ0n) is 16.2. The fourth-order valence-electron chi connectivity index (χ4n) is 5.91. The van der Waals surface area contributed by atoms with Crippen molar-refractivity contribution in [1.29, 1.82) is 0 Å². The number of hydrogen-bond donors (Lipinski definition) is 1. The summed E-state index contributed by atoms with van der Waals surface area (Å²) < 4.78 is 5.37. The lowest BCUT2D eigenvalue weighted by molar-refractivity contribution is -0.145. The molecule has 5 heteroatoms. The Balaban J connectivity index is 1.62. The van der Waals surface area contributed by atoms with E-state index in [0.29, 0.717) is 24.9 Å². The Labute approximate surface area is 160 Å². The molecule has 0 spiro atoms. The van der Waals surface area contributed by atoms with E-state index in [0.717, 1.165) is 37.0 Å². The number of amides is 1. The summed E-state index contributed by atoms with van der Waals surface area (Å²) in [4.78, 5) is 27.1. The predicted molar refractivity (Wildman–Crippen MR) is 101 cm³/mol. The first-order valence-corrected chi connectivity index (χ1v) is 10.1. The van der Waals surface area contributed by atoms with Crippen LogP contribution in [0.2, 0.25) is 0 Å². The average Bonchev–Trinajstić information content (AvgIpc) is 3.35. The number of likely N-dealkylation sites (tertiary alicyclic amines) is 1. The van der Waals surface area contributed by atoms with E-state index < -0.39 is 11.9 Å². The normalized spacial score (nSPS) is 34.8. The molecule has 2 saturated carbocycles. The Hall–Kier alpha value is -2.04. The van der Waals surface area contributed by atoms with E-state index in [4.69, 9.17) is 4.74 Å². The minimum atomic E-state index is -0.785. The lowest BCUT2D eigenvalue weighted by Gasteiger charge is -2.39. The highest BCUT2D eigenvalue weighted by Gasteiger charge is 2.57. The Morgan fingerprint density at radius 3 is 2.70 bits per heavy atom. The second kappa shape index (κ2) is 6.84. The number of aliphatic carboxylic acids is 1. The summed E-state index contributed by atoms with van der Waals surface area (Å²) in [7, 11) is 1.66. The highest BCUT2D eigenvalue weighted by Crippen LogP contribution is 2.58. The largest absolute Gasteiger partial charge is 0.497 e. The molecular formula is C22H29NO4. The first-order valence-electron chi connectivity index (χ1n) is 10.1. The van der Waals surface area contributed by atoms with Gasteiger partial charge in [0.1, 0.15) is 5.75 Å². The Kier molecular flexibility index (Phi) is 4.65. The molecule has 1 amide bonds. The fraction of sp³-hybridized carbons (Fsp3) is 0.636. The molecule has 1 aromatic rings. The van der Waals surface area contributed by atoms with Crippen molar-refractivity contribution >= 4 is 11.9 Å². The minimum Gasteiger partial charge on any atom is -0.497 e. The molecule has 3 fully saturated rings. The van der Waals surface area contributed by atoms with Crippen LogP contribution < -0.4 is 4.74 Å². The van der Waals surface area contributed by atoms with E-state index in [1.807, 2.05) is 30.0 Å². The van der Waals surface area contributed by atoms with Crippen LogP contribution in [0.25, 0.3) is 0 Å². The van der Waals surface area contributed by atoms with E-state index in [-0.39, 0.29) is 17.2 Å². The van der Waals surface area contributed by atoms with Gasteiger partial charge in [-0.3, -0.25) is 9.59 Å². The third kappa shape index (κ3) is 3.11. The van der Waals surface area contributed by atoms with Gasteiger partial charge in [0.15, 0.2) is 0 Å². The number of methoxy groups -OCH3 is 1. The Bertz CT molecular complexity index is 748. The van der Waals surface area contributed by atoms with Gasteiger partial charge in [-0.2, -0.15) is 0 Å². The van der Waals surface area contributed by atoms with E-state index >= 15 is 0 Å². The van der Waals surface area contributed by atoms with Crippen LogP contribution in [0.15, 0.2) is 24.3 Å². The number of carboxylic acids is 1. The van der Waals surface area contributed by atoms with Gasteiger partial charge < -0.3 is 14.7 Å². The van der Waals surface area contributed by atoms with E-state index in [1.165, 1.54) is 6.42 Å². The summed E-state index contributed by atoms with van der Waals surface area (Å²) >= 11 is 0. The molecule has 0 radical (unpaired) electrons. The van der Waals surface area contributed by atoms with E-state index in [9.17, 15) is 14.7 Å². The highest BCUT2D eigenvalue weighted by atomic mass is 16.5. The number of carbonyl (C=O) groups is 2. The number of benzene rings is 1. The maximum atomic E-state index is 13.7. The van der Waals surface area contributed by atoms with E-state index in [1.54, 1.807) is 7.11 Å². The smallest absolute Gasteiger partial charge is 0.308 e. The van der Waals surface area contributed by atoms with Gasteiger partial charge in [-0.25, -0.2) is 0 Å². The van der Waals surface area contributed by atoms with Crippen LogP contribution in [0.3, 0.4) is 0 Å². The number of carbonyl (C=O) groups excluding carboxylic acids is 1. The van der Waals surface area contributed by atoms with Crippen LogP contribution in [-0.2, 0) is 16.0 Å². The first kappa shape index (κ1) is 18.3. The van der Waals surface area contributed by atoms with Crippen molar-refractivity contribution < 1.29 is 19.4 Å². The molecule has 1 saturated heterocycles. The van der Waals surface area contributed by atoms with E-state index in [2.05, 4.69) is 6.07 Å². The molecule has 4 rings (SSSR count). The van der Waals surface area contributed by atoms with Crippen LogP contribution >= 0.6 is 0 Å². The lowest BCUT2D eigenvalue weighted by atomic mass is 9.68. The van der Waals surface area contributed by atoms with Gasteiger partial charge in [-0.15, -0.1) is 0 Å². The molecule has 2 bridgehead atoms. The van der Waals surface area contributed by atoms with Crippen LogP contribution in [0, 0.1) is 29.1 Å². The number of hydrogen-bond acceptors (Lipinski definition) is 3. The quantitative estimate of drug-likeness (QED) is 0.863. The minimum absolute atomic E-state index is 0.0129. The summed E-state index contributed by atoms with van der Waals surface area (Å²) in [6.07, 6.45) is 5.16. The van der Waals surface area contributed by atoms with Crippen molar-refractivity contribution in [2.45, 2.75) is 39.0 Å². The van der Waals surface area contributed by atoms with Crippen molar-refractivity contribution in [1.82, 2.24) is 4.90 Å². The second-order valence-corrected chi connectivity index (χ2v) is 8.90. The highest BCUT2D eigenvalue weighted by molar-refractivity contribution is 5.85. The number of ether oxygens (including phenoxy) is 1. The molecule has 2 aliphatic carbocycles. The van der Waals surface area contributed by atoms with Gasteiger partial charge in [-0.1, -0.05) is 25.5 Å². The third-order valence-corrected chi connectivity index (χ3v) is 7.27. The molecule has 1 aliphatic heterocycles. The number of rotatable bonds is 5. The van der Waals surface area contributed by atoms with Crippen molar-refractivity contribution in [2.75, 3.05) is 20.2 Å². The number of carboxylic acid groups (broad SMARTS) is 1. The Morgan fingerprint density at radius 1 is 1.30 bits per heavy atom. The second-order valence-electron chi connectivity index (χ2n) is 8.90. The zero-order valence-corrected chi connectivity index (χ0v) is 16.2. The maximum Gasteiger partial charge on any atom is 0.308 e. The summed E-state index contributed by atoms with van der Waals surface area (Å²) in [6.45, 7) is 2.86. The van der Waals surface area contributed by atoms with Crippen LogP contribution in [0.1, 0.15) is 38.2 Å². The number of nitrogens with zero attached hydrogens (tertiary/aromatic N) is 1. The van der Waals surface area contributed by atoms with Crippen molar-refractivity contribution in [3.8, 4) is 5.75 Å². The molecule has 3 aliphatic rings. The SMILES string of the molecule is COc1cccc(CC2(C(=O)N3C[C@@H](C)[C@H](C(=O)O)C3)CC3CCC2C3)c1. The zero-order chi connectivity index (χ0) is 19.2. The van der Waals surface area contributed by atoms with Crippen LogP contribution in [0.4, 0.5) is 0 Å². The predicted octanol–water partition coefficient (Wildman–Crippen LogP) is 3.22. The van der Waals surface area contributed by atoms with Gasteiger partial charge in [-0.05, 0) is 61.1 Å². The average molecular weight is 371 g/mol. The van der Waals surface area contributed by atoms with Crippen LogP contribution in [-0.4, -0.2) is 42.1 Å². The molecule has 27 heavy (non-hydrogen) atoms. The Morgan fingerprint density at radius 2 is 2.11 bits per heavy atom. The standard InChI is InChI=1S/C22H29NO4/c1-14-12-23(13-19(14)20(24)25)21(26)22(11-16-6-7-17(22)8-16)10-15-4-3-5-18(9-15)27-2/h3-5,9,14,16-17,19H,6-8,10-13H2,1-2H3,(H,24,25)/t14-,16?,17?,19-,22?/m1/s1. The molecule has 0 aromatic heterocycles. The van der Waals surface area contributed by atoms with Gasteiger partial charge in [0.2, 0.25) is 5.91 Å². The molecule has 1 aromatic carbocycles. The van der Waals surface area contributed by atoms with Crippen molar-refractivity contribution in [2.24, 2.45) is 29.1 Å².